The number of thiophene rings is 1. The second-order valence-electron chi connectivity index (χ2n) is 4.14. The van der Waals surface area contributed by atoms with Crippen molar-refractivity contribution < 1.29 is 23.0 Å². The number of hydrogen-bond acceptors (Lipinski definition) is 4. The molecule has 1 amide bonds. The Labute approximate surface area is 138 Å². The van der Waals surface area contributed by atoms with E-state index in [9.17, 15) is 13.6 Å². The van der Waals surface area contributed by atoms with Crippen molar-refractivity contribution >= 4 is 33.2 Å². The number of ether oxygens (including phenoxy) is 2. The average molecular weight is 392 g/mol. The largest absolute Gasteiger partial charge is 0.496 e. The summed E-state index contributed by atoms with van der Waals surface area (Å²) < 4.78 is 34.7. The van der Waals surface area contributed by atoms with Crippen molar-refractivity contribution in [3.63, 3.8) is 0 Å². The quantitative estimate of drug-likeness (QED) is 0.807. The summed E-state index contributed by atoms with van der Waals surface area (Å²) in [5.41, 5.74) is 0.842. The summed E-state index contributed by atoms with van der Waals surface area (Å²) in [5, 5.41) is 4.19. The first-order chi connectivity index (χ1) is 10.5. The van der Waals surface area contributed by atoms with Gasteiger partial charge in [-0.25, -0.2) is 0 Å². The third-order valence-corrected chi connectivity index (χ3v) is 4.23. The number of halogens is 3. The standard InChI is InChI=1S/C14H12BrF2NO3S/c1-20-10-3-2-8(6-9(10)15)7-18-13(19)12-11(4-5-22-12)21-14(16)17/h2-6,14H,7H2,1H3,(H,18,19). The molecule has 1 heterocycles. The second kappa shape index (κ2) is 7.55. The summed E-state index contributed by atoms with van der Waals surface area (Å²) in [7, 11) is 1.56. The highest BCUT2D eigenvalue weighted by atomic mass is 79.9. The lowest BCUT2D eigenvalue weighted by Gasteiger charge is -2.09. The van der Waals surface area contributed by atoms with Gasteiger partial charge in [0.25, 0.3) is 5.91 Å². The lowest BCUT2D eigenvalue weighted by molar-refractivity contribution is -0.0498. The van der Waals surface area contributed by atoms with Crippen LogP contribution in [-0.4, -0.2) is 19.6 Å². The Balaban J connectivity index is 2.01. The second-order valence-corrected chi connectivity index (χ2v) is 5.91. The Hall–Kier alpha value is -1.67. The van der Waals surface area contributed by atoms with Gasteiger partial charge in [0, 0.05) is 6.54 Å². The van der Waals surface area contributed by atoms with Gasteiger partial charge in [-0.05, 0) is 45.1 Å². The fourth-order valence-corrected chi connectivity index (χ4v) is 3.06. The number of hydrogen-bond donors (Lipinski definition) is 1. The zero-order valence-electron chi connectivity index (χ0n) is 11.4. The Bertz CT molecular complexity index is 663. The molecule has 118 valence electrons. The van der Waals surface area contributed by atoms with Gasteiger partial charge in [-0.3, -0.25) is 4.79 Å². The Morgan fingerprint density at radius 3 is 2.77 bits per heavy atom. The van der Waals surface area contributed by atoms with Crippen LogP contribution in [0.4, 0.5) is 8.78 Å². The number of carbonyl (C=O) groups excluding carboxylic acids is 1. The van der Waals surface area contributed by atoms with Crippen molar-refractivity contribution in [3.8, 4) is 11.5 Å². The molecular weight excluding hydrogens is 380 g/mol. The van der Waals surface area contributed by atoms with E-state index in [4.69, 9.17) is 4.74 Å². The number of carbonyl (C=O) groups is 1. The maximum atomic E-state index is 12.2. The van der Waals surface area contributed by atoms with Crippen molar-refractivity contribution in [2.75, 3.05) is 7.11 Å². The van der Waals surface area contributed by atoms with Gasteiger partial charge < -0.3 is 14.8 Å². The highest BCUT2D eigenvalue weighted by molar-refractivity contribution is 9.10. The maximum Gasteiger partial charge on any atom is 0.387 e. The number of alkyl halides is 2. The molecule has 2 aromatic rings. The highest BCUT2D eigenvalue weighted by Crippen LogP contribution is 2.27. The fourth-order valence-electron chi connectivity index (χ4n) is 1.73. The molecule has 0 fully saturated rings. The lowest BCUT2D eigenvalue weighted by atomic mass is 10.2. The smallest absolute Gasteiger partial charge is 0.387 e. The van der Waals surface area contributed by atoms with Crippen molar-refractivity contribution in [1.29, 1.82) is 0 Å². The van der Waals surface area contributed by atoms with Crippen LogP contribution < -0.4 is 14.8 Å². The normalized spacial score (nSPS) is 10.6. The minimum Gasteiger partial charge on any atom is -0.496 e. The molecule has 0 aliphatic carbocycles. The Morgan fingerprint density at radius 1 is 1.36 bits per heavy atom. The summed E-state index contributed by atoms with van der Waals surface area (Å²) in [5.74, 6) is 0.104. The van der Waals surface area contributed by atoms with Crippen LogP contribution in [0.3, 0.4) is 0 Å². The zero-order valence-corrected chi connectivity index (χ0v) is 13.8. The summed E-state index contributed by atoms with van der Waals surface area (Å²) in [6, 6.07) is 6.72. The van der Waals surface area contributed by atoms with E-state index < -0.39 is 12.5 Å². The van der Waals surface area contributed by atoms with Crippen molar-refractivity contribution in [2.45, 2.75) is 13.2 Å². The van der Waals surface area contributed by atoms with Crippen molar-refractivity contribution in [2.24, 2.45) is 0 Å². The van der Waals surface area contributed by atoms with Crippen LogP contribution in [0, 0.1) is 0 Å². The molecule has 22 heavy (non-hydrogen) atoms. The molecule has 1 aromatic carbocycles. The SMILES string of the molecule is COc1ccc(CNC(=O)c2sccc2OC(F)F)cc1Br. The first-order valence-electron chi connectivity index (χ1n) is 6.14. The third-order valence-electron chi connectivity index (χ3n) is 2.72. The van der Waals surface area contributed by atoms with E-state index >= 15 is 0 Å². The van der Waals surface area contributed by atoms with Crippen molar-refractivity contribution in [1.82, 2.24) is 5.32 Å². The monoisotopic (exact) mass is 391 g/mol. The van der Waals surface area contributed by atoms with Crippen LogP contribution in [-0.2, 0) is 6.54 Å². The van der Waals surface area contributed by atoms with Gasteiger partial charge in [-0.15, -0.1) is 11.3 Å². The van der Waals surface area contributed by atoms with Crippen molar-refractivity contribution in [3.05, 3.63) is 44.6 Å². The minimum atomic E-state index is -2.96. The number of amides is 1. The molecule has 0 atom stereocenters. The van der Waals surface area contributed by atoms with Crippen LogP contribution in [0.5, 0.6) is 11.5 Å². The molecule has 0 saturated carbocycles. The van der Waals surface area contributed by atoms with E-state index in [1.807, 2.05) is 6.07 Å². The fraction of sp³-hybridized carbons (Fsp3) is 0.214. The molecule has 0 bridgehead atoms. The topological polar surface area (TPSA) is 47.6 Å². The first kappa shape index (κ1) is 16.7. The van der Waals surface area contributed by atoms with Gasteiger partial charge in [0.15, 0.2) is 0 Å². The summed E-state index contributed by atoms with van der Waals surface area (Å²) in [6.07, 6.45) is 0. The molecule has 0 spiro atoms. The number of methoxy groups -OCH3 is 1. The maximum absolute atomic E-state index is 12.2. The lowest BCUT2D eigenvalue weighted by Crippen LogP contribution is -2.22. The van der Waals surface area contributed by atoms with Crippen LogP contribution in [0.2, 0.25) is 0 Å². The van der Waals surface area contributed by atoms with E-state index in [1.54, 1.807) is 19.2 Å². The van der Waals surface area contributed by atoms with Gasteiger partial charge in [0.2, 0.25) is 0 Å². The highest BCUT2D eigenvalue weighted by Gasteiger charge is 2.17. The molecule has 0 saturated heterocycles. The molecule has 0 aliphatic rings. The van der Waals surface area contributed by atoms with Gasteiger partial charge in [-0.1, -0.05) is 6.07 Å². The minimum absolute atomic E-state index is 0.117. The molecule has 2 rings (SSSR count). The summed E-state index contributed by atoms with van der Waals surface area (Å²) in [4.78, 5) is 12.1. The van der Waals surface area contributed by atoms with E-state index in [0.29, 0.717) is 5.75 Å². The van der Waals surface area contributed by atoms with Gasteiger partial charge in [0.05, 0.1) is 11.6 Å². The van der Waals surface area contributed by atoms with E-state index in [-0.39, 0.29) is 17.2 Å². The van der Waals surface area contributed by atoms with Crippen LogP contribution in [0.25, 0.3) is 0 Å². The van der Waals surface area contributed by atoms with E-state index in [0.717, 1.165) is 21.4 Å². The molecule has 0 unspecified atom stereocenters. The van der Waals surface area contributed by atoms with Crippen LogP contribution in [0.15, 0.2) is 34.1 Å². The van der Waals surface area contributed by atoms with Gasteiger partial charge in [0.1, 0.15) is 16.4 Å². The molecule has 4 nitrogen and oxygen atoms in total. The third kappa shape index (κ3) is 4.17. The number of nitrogens with one attached hydrogen (secondary N) is 1. The van der Waals surface area contributed by atoms with Gasteiger partial charge in [-0.2, -0.15) is 8.78 Å². The molecule has 8 heteroatoms. The summed E-state index contributed by atoms with van der Waals surface area (Å²) >= 11 is 4.40. The van der Waals surface area contributed by atoms with E-state index in [2.05, 4.69) is 26.0 Å². The Kier molecular flexibility index (Phi) is 5.73. The number of rotatable bonds is 6. The Morgan fingerprint density at radius 2 is 2.14 bits per heavy atom. The average Bonchev–Trinajstić information content (AvgIpc) is 2.92. The van der Waals surface area contributed by atoms with Gasteiger partial charge >= 0.3 is 6.61 Å². The number of benzene rings is 1. The molecule has 1 N–H and O–H groups in total. The molecular formula is C14H12BrF2NO3S. The predicted octanol–water partition coefficient (Wildman–Crippen LogP) is 4.05. The summed E-state index contributed by atoms with van der Waals surface area (Å²) in [6.45, 7) is -2.70. The van der Waals surface area contributed by atoms with Crippen LogP contribution in [0.1, 0.15) is 15.2 Å². The predicted molar refractivity (Wildman–Crippen MR) is 82.8 cm³/mol. The molecule has 0 radical (unpaired) electrons. The van der Waals surface area contributed by atoms with E-state index in [1.165, 1.54) is 11.4 Å². The molecule has 1 aromatic heterocycles. The molecule has 0 aliphatic heterocycles. The zero-order chi connectivity index (χ0) is 16.1. The first-order valence-corrected chi connectivity index (χ1v) is 7.81. The van der Waals surface area contributed by atoms with Crippen LogP contribution >= 0.6 is 27.3 Å².